The van der Waals surface area contributed by atoms with Gasteiger partial charge in [0.15, 0.2) is 5.96 Å². The van der Waals surface area contributed by atoms with Crippen LogP contribution in [0, 0.1) is 0 Å². The molecule has 0 unspecified atom stereocenters. The number of thioether (sulfide) groups is 1. The van der Waals surface area contributed by atoms with E-state index in [4.69, 9.17) is 10.5 Å². The third-order valence-electron chi connectivity index (χ3n) is 2.96. The Morgan fingerprint density at radius 2 is 1.86 bits per heavy atom. The van der Waals surface area contributed by atoms with Crippen molar-refractivity contribution in [3.63, 3.8) is 0 Å². The molecule has 0 aliphatic carbocycles. The Hall–Kier alpha value is -2.14. The van der Waals surface area contributed by atoms with Gasteiger partial charge in [0.05, 0.1) is 7.11 Å². The lowest BCUT2D eigenvalue weighted by Crippen LogP contribution is -2.22. The molecule has 0 saturated carbocycles. The lowest BCUT2D eigenvalue weighted by atomic mass is 10.3. The monoisotopic (exact) mass is 315 g/mol. The predicted octanol–water partition coefficient (Wildman–Crippen LogP) is 3.60. The first-order chi connectivity index (χ1) is 10.8. The van der Waals surface area contributed by atoms with E-state index in [1.165, 1.54) is 4.90 Å². The molecule has 2 aromatic rings. The summed E-state index contributed by atoms with van der Waals surface area (Å²) in [5, 5.41) is 3.07. The average Bonchev–Trinajstić information content (AvgIpc) is 2.56. The number of anilines is 1. The van der Waals surface area contributed by atoms with Crippen LogP contribution >= 0.6 is 11.8 Å². The van der Waals surface area contributed by atoms with E-state index in [0.29, 0.717) is 5.96 Å². The van der Waals surface area contributed by atoms with Crippen LogP contribution < -0.4 is 15.8 Å². The summed E-state index contributed by atoms with van der Waals surface area (Å²) in [6.07, 6.45) is 0.991. The number of aliphatic imine (C=N–C) groups is 1. The fraction of sp³-hybridized carbons (Fsp3) is 0.235. The fourth-order valence-electron chi connectivity index (χ4n) is 1.83. The van der Waals surface area contributed by atoms with Crippen LogP contribution in [0.4, 0.5) is 5.69 Å². The second-order valence-corrected chi connectivity index (χ2v) is 5.80. The third kappa shape index (κ3) is 5.69. The maximum Gasteiger partial charge on any atom is 0.193 e. The van der Waals surface area contributed by atoms with E-state index < -0.39 is 0 Å². The van der Waals surface area contributed by atoms with Crippen molar-refractivity contribution in [1.29, 1.82) is 0 Å². The van der Waals surface area contributed by atoms with Crippen LogP contribution in [0.3, 0.4) is 0 Å². The molecule has 2 aromatic carbocycles. The van der Waals surface area contributed by atoms with Gasteiger partial charge in [0, 0.05) is 17.1 Å². The number of hydrogen-bond acceptors (Lipinski definition) is 3. The number of nitrogens with one attached hydrogen (secondary N) is 1. The molecule has 0 atom stereocenters. The van der Waals surface area contributed by atoms with Gasteiger partial charge < -0.3 is 15.8 Å². The van der Waals surface area contributed by atoms with E-state index in [1.807, 2.05) is 42.1 Å². The Morgan fingerprint density at radius 3 is 2.55 bits per heavy atom. The summed E-state index contributed by atoms with van der Waals surface area (Å²) in [6.45, 7) is 0.717. The number of methoxy groups -OCH3 is 1. The van der Waals surface area contributed by atoms with Gasteiger partial charge in [-0.1, -0.05) is 18.2 Å². The maximum absolute atomic E-state index is 5.87. The predicted molar refractivity (Wildman–Crippen MR) is 94.9 cm³/mol. The normalized spacial score (nSPS) is 11.2. The minimum absolute atomic E-state index is 0.440. The van der Waals surface area contributed by atoms with Gasteiger partial charge in [-0.25, -0.2) is 0 Å². The van der Waals surface area contributed by atoms with Crippen LogP contribution in [0.1, 0.15) is 6.42 Å². The molecule has 4 nitrogen and oxygen atoms in total. The Labute approximate surface area is 135 Å². The van der Waals surface area contributed by atoms with E-state index in [1.54, 1.807) is 7.11 Å². The first-order valence-corrected chi connectivity index (χ1v) is 8.15. The Balaban J connectivity index is 1.68. The van der Waals surface area contributed by atoms with Gasteiger partial charge >= 0.3 is 0 Å². The van der Waals surface area contributed by atoms with E-state index in [-0.39, 0.29) is 0 Å². The SMILES string of the molecule is COc1ccc(NC(N)=NCCCSc2ccccc2)cc1. The molecule has 116 valence electrons. The molecule has 0 aliphatic rings. The molecule has 5 heteroatoms. The number of benzene rings is 2. The Kier molecular flexibility index (Phi) is 6.64. The molecule has 3 N–H and O–H groups in total. The zero-order valence-electron chi connectivity index (χ0n) is 12.7. The third-order valence-corrected chi connectivity index (χ3v) is 4.06. The largest absolute Gasteiger partial charge is 0.497 e. The first kappa shape index (κ1) is 16.2. The number of hydrogen-bond donors (Lipinski definition) is 2. The zero-order chi connectivity index (χ0) is 15.6. The van der Waals surface area contributed by atoms with Crippen molar-refractivity contribution in [2.75, 3.05) is 24.7 Å². The van der Waals surface area contributed by atoms with Gasteiger partial charge in [0.25, 0.3) is 0 Å². The number of nitrogens with two attached hydrogens (primary N) is 1. The second-order valence-electron chi connectivity index (χ2n) is 4.64. The van der Waals surface area contributed by atoms with Crippen molar-refractivity contribution >= 4 is 23.4 Å². The minimum atomic E-state index is 0.440. The van der Waals surface area contributed by atoms with Crippen molar-refractivity contribution in [3.05, 3.63) is 54.6 Å². The van der Waals surface area contributed by atoms with Gasteiger partial charge in [0.1, 0.15) is 5.75 Å². The highest BCUT2D eigenvalue weighted by atomic mass is 32.2. The summed E-state index contributed by atoms with van der Waals surface area (Å²) in [7, 11) is 1.64. The van der Waals surface area contributed by atoms with Crippen molar-refractivity contribution in [1.82, 2.24) is 0 Å². The quantitative estimate of drug-likeness (QED) is 0.355. The molecule has 0 bridgehead atoms. The molecular formula is C17H21N3OS. The van der Waals surface area contributed by atoms with Gasteiger partial charge in [-0.15, -0.1) is 11.8 Å². The molecule has 0 radical (unpaired) electrons. The average molecular weight is 315 g/mol. The Bertz CT molecular complexity index is 585. The van der Waals surface area contributed by atoms with Crippen LogP contribution in [0.25, 0.3) is 0 Å². The number of rotatable bonds is 7. The summed E-state index contributed by atoms with van der Waals surface area (Å²) in [4.78, 5) is 5.62. The van der Waals surface area contributed by atoms with Crippen LogP contribution in [0.15, 0.2) is 64.5 Å². The summed E-state index contributed by atoms with van der Waals surface area (Å²) in [5.74, 6) is 2.29. The molecule has 0 spiro atoms. The smallest absolute Gasteiger partial charge is 0.193 e. The topological polar surface area (TPSA) is 59.6 Å². The van der Waals surface area contributed by atoms with E-state index in [9.17, 15) is 0 Å². The fourth-order valence-corrected chi connectivity index (χ4v) is 2.69. The summed E-state index contributed by atoms with van der Waals surface area (Å²) in [5.41, 5.74) is 6.77. The summed E-state index contributed by atoms with van der Waals surface area (Å²) < 4.78 is 5.11. The number of nitrogens with zero attached hydrogens (tertiary/aromatic N) is 1. The molecule has 0 amide bonds. The lowest BCUT2D eigenvalue weighted by Gasteiger charge is -2.06. The summed E-state index contributed by atoms with van der Waals surface area (Å²) >= 11 is 1.84. The highest BCUT2D eigenvalue weighted by Gasteiger charge is 1.97. The molecule has 22 heavy (non-hydrogen) atoms. The Morgan fingerprint density at radius 1 is 1.14 bits per heavy atom. The number of ether oxygens (including phenoxy) is 1. The van der Waals surface area contributed by atoms with Crippen molar-refractivity contribution in [2.24, 2.45) is 10.7 Å². The highest BCUT2D eigenvalue weighted by molar-refractivity contribution is 7.99. The van der Waals surface area contributed by atoms with E-state index in [0.717, 1.165) is 30.2 Å². The lowest BCUT2D eigenvalue weighted by molar-refractivity contribution is 0.415. The first-order valence-electron chi connectivity index (χ1n) is 7.17. The van der Waals surface area contributed by atoms with Crippen molar-refractivity contribution < 1.29 is 4.74 Å². The zero-order valence-corrected chi connectivity index (χ0v) is 13.5. The number of guanidine groups is 1. The maximum atomic E-state index is 5.87. The van der Waals surface area contributed by atoms with Gasteiger partial charge in [-0.2, -0.15) is 0 Å². The minimum Gasteiger partial charge on any atom is -0.497 e. The molecule has 0 heterocycles. The van der Waals surface area contributed by atoms with Gasteiger partial charge in [-0.05, 0) is 48.6 Å². The summed E-state index contributed by atoms with van der Waals surface area (Å²) in [6, 6.07) is 18.0. The second kappa shape index (κ2) is 9.00. The molecule has 0 aliphatic heterocycles. The van der Waals surface area contributed by atoms with Crippen LogP contribution in [-0.4, -0.2) is 25.4 Å². The highest BCUT2D eigenvalue weighted by Crippen LogP contribution is 2.17. The van der Waals surface area contributed by atoms with Crippen molar-refractivity contribution in [2.45, 2.75) is 11.3 Å². The standard InChI is InChI=1S/C17H21N3OS/c1-21-15-10-8-14(9-11-15)20-17(18)19-12-5-13-22-16-6-3-2-4-7-16/h2-4,6-11H,5,12-13H2,1H3,(H3,18,19,20). The van der Waals surface area contributed by atoms with E-state index in [2.05, 4.69) is 34.6 Å². The van der Waals surface area contributed by atoms with Crippen molar-refractivity contribution in [3.8, 4) is 5.75 Å². The molecule has 0 aromatic heterocycles. The van der Waals surface area contributed by atoms with Gasteiger partial charge in [0.2, 0.25) is 0 Å². The van der Waals surface area contributed by atoms with E-state index >= 15 is 0 Å². The van der Waals surface area contributed by atoms with Crippen LogP contribution in [0.5, 0.6) is 5.75 Å². The van der Waals surface area contributed by atoms with Gasteiger partial charge in [-0.3, -0.25) is 4.99 Å². The molecule has 0 saturated heterocycles. The van der Waals surface area contributed by atoms with Crippen LogP contribution in [-0.2, 0) is 0 Å². The van der Waals surface area contributed by atoms with Crippen LogP contribution in [0.2, 0.25) is 0 Å². The molecule has 0 fully saturated rings. The molecule has 2 rings (SSSR count). The molecular weight excluding hydrogens is 294 g/mol.